The van der Waals surface area contributed by atoms with Crippen molar-refractivity contribution >= 4 is 28.3 Å². The number of carbonyl (C=O) groups excluding carboxylic acids is 1. The zero-order chi connectivity index (χ0) is 16.7. The molecular weight excluding hydrogens is 350 g/mol. The molecule has 134 valence electrons. The van der Waals surface area contributed by atoms with E-state index in [-0.39, 0.29) is 29.8 Å². The van der Waals surface area contributed by atoms with Crippen molar-refractivity contribution in [1.82, 2.24) is 15.4 Å². The van der Waals surface area contributed by atoms with Crippen LogP contribution >= 0.6 is 12.4 Å². The summed E-state index contributed by atoms with van der Waals surface area (Å²) in [7, 11) is -3.55. The van der Waals surface area contributed by atoms with E-state index in [1.807, 2.05) is 0 Å². The molecule has 1 aliphatic rings. The molecule has 0 aromatic heterocycles. The average Bonchev–Trinajstić information content (AvgIpc) is 3.06. The van der Waals surface area contributed by atoms with Crippen LogP contribution in [0.5, 0.6) is 0 Å². The third kappa shape index (κ3) is 5.90. The van der Waals surface area contributed by atoms with Crippen molar-refractivity contribution in [1.29, 1.82) is 0 Å². The number of amides is 1. The lowest BCUT2D eigenvalue weighted by Crippen LogP contribution is -2.27. The van der Waals surface area contributed by atoms with E-state index in [1.165, 1.54) is 30.3 Å². The highest BCUT2D eigenvalue weighted by Crippen LogP contribution is 2.12. The molecule has 2 rings (SSSR count). The van der Waals surface area contributed by atoms with Gasteiger partial charge in [-0.05, 0) is 56.1 Å². The van der Waals surface area contributed by atoms with Crippen molar-refractivity contribution in [3.05, 3.63) is 42.5 Å². The molecule has 0 spiro atoms. The topological polar surface area (TPSA) is 87.3 Å². The number of hydrogen-bond donors (Lipinski definition) is 3. The Morgan fingerprint density at radius 1 is 1.33 bits per heavy atom. The first-order valence-electron chi connectivity index (χ1n) is 7.72. The third-order valence-corrected chi connectivity index (χ3v) is 5.28. The largest absolute Gasteiger partial charge is 0.352 e. The molecule has 0 aliphatic carbocycles. The molecule has 1 aliphatic heterocycles. The van der Waals surface area contributed by atoms with Gasteiger partial charge in [0, 0.05) is 18.7 Å². The van der Waals surface area contributed by atoms with Crippen LogP contribution in [0.25, 0.3) is 0 Å². The Labute approximate surface area is 149 Å². The summed E-state index contributed by atoms with van der Waals surface area (Å²) < 4.78 is 26.2. The molecule has 24 heavy (non-hydrogen) atoms. The highest BCUT2D eigenvalue weighted by atomic mass is 35.5. The van der Waals surface area contributed by atoms with E-state index >= 15 is 0 Å². The number of benzene rings is 1. The molecule has 1 aromatic carbocycles. The highest BCUT2D eigenvalue weighted by Gasteiger charge is 2.16. The minimum absolute atomic E-state index is 0. The predicted octanol–water partition coefficient (Wildman–Crippen LogP) is 1.30. The molecule has 1 saturated heterocycles. The Morgan fingerprint density at radius 2 is 2.04 bits per heavy atom. The Morgan fingerprint density at radius 3 is 2.62 bits per heavy atom. The number of sulfonamides is 1. The van der Waals surface area contributed by atoms with Crippen LogP contribution in [0.4, 0.5) is 0 Å². The SMILES string of the molecule is C=CCNS(=O)(=O)c1ccc(C(=O)NCCC2CCNC2)cc1.Cl. The van der Waals surface area contributed by atoms with E-state index in [4.69, 9.17) is 0 Å². The van der Waals surface area contributed by atoms with E-state index in [0.717, 1.165) is 25.9 Å². The maximum absolute atomic E-state index is 12.0. The first-order valence-corrected chi connectivity index (χ1v) is 9.21. The van der Waals surface area contributed by atoms with E-state index < -0.39 is 10.0 Å². The second-order valence-corrected chi connectivity index (χ2v) is 7.34. The molecule has 0 saturated carbocycles. The molecule has 1 fully saturated rings. The number of nitrogens with one attached hydrogen (secondary N) is 3. The molecule has 1 amide bonds. The van der Waals surface area contributed by atoms with Crippen LogP contribution in [0.1, 0.15) is 23.2 Å². The zero-order valence-electron chi connectivity index (χ0n) is 13.5. The summed E-state index contributed by atoms with van der Waals surface area (Å²) in [5.41, 5.74) is 0.456. The van der Waals surface area contributed by atoms with Crippen LogP contribution in [0.2, 0.25) is 0 Å². The van der Waals surface area contributed by atoms with Crippen molar-refractivity contribution in [2.24, 2.45) is 5.92 Å². The zero-order valence-corrected chi connectivity index (χ0v) is 15.1. The number of hydrogen-bond acceptors (Lipinski definition) is 4. The Kier molecular flexibility index (Phi) is 8.41. The Bertz CT molecular complexity index is 641. The van der Waals surface area contributed by atoms with Gasteiger partial charge in [-0.1, -0.05) is 6.08 Å². The highest BCUT2D eigenvalue weighted by molar-refractivity contribution is 7.89. The van der Waals surface area contributed by atoms with Crippen molar-refractivity contribution < 1.29 is 13.2 Å². The van der Waals surface area contributed by atoms with Crippen LogP contribution in [0.15, 0.2) is 41.8 Å². The molecular formula is C16H24ClN3O3S. The van der Waals surface area contributed by atoms with Gasteiger partial charge in [-0.25, -0.2) is 13.1 Å². The van der Waals surface area contributed by atoms with E-state index in [1.54, 1.807) is 0 Å². The fraction of sp³-hybridized carbons (Fsp3) is 0.438. The van der Waals surface area contributed by atoms with Gasteiger partial charge in [0.05, 0.1) is 4.90 Å². The van der Waals surface area contributed by atoms with E-state index in [2.05, 4.69) is 21.9 Å². The molecule has 6 nitrogen and oxygen atoms in total. The van der Waals surface area contributed by atoms with Crippen molar-refractivity contribution in [2.75, 3.05) is 26.2 Å². The minimum atomic E-state index is -3.55. The Hall–Kier alpha value is -1.41. The predicted molar refractivity (Wildman–Crippen MR) is 97.0 cm³/mol. The second-order valence-electron chi connectivity index (χ2n) is 5.57. The molecule has 8 heteroatoms. The summed E-state index contributed by atoms with van der Waals surface area (Å²) in [5.74, 6) is 0.442. The maximum atomic E-state index is 12.0. The summed E-state index contributed by atoms with van der Waals surface area (Å²) >= 11 is 0. The first kappa shape index (κ1) is 20.6. The summed E-state index contributed by atoms with van der Waals surface area (Å²) in [6.45, 7) is 6.33. The fourth-order valence-electron chi connectivity index (χ4n) is 2.49. The van der Waals surface area contributed by atoms with Crippen molar-refractivity contribution in [3.63, 3.8) is 0 Å². The molecule has 1 unspecified atom stereocenters. The van der Waals surface area contributed by atoms with Gasteiger partial charge >= 0.3 is 0 Å². The summed E-state index contributed by atoms with van der Waals surface area (Å²) in [6, 6.07) is 5.91. The van der Waals surface area contributed by atoms with Gasteiger partial charge in [-0.2, -0.15) is 0 Å². The van der Waals surface area contributed by atoms with Crippen molar-refractivity contribution in [3.8, 4) is 0 Å². The molecule has 0 radical (unpaired) electrons. The number of halogens is 1. The summed E-state index contributed by atoms with van der Waals surface area (Å²) in [5, 5.41) is 6.17. The quantitative estimate of drug-likeness (QED) is 0.599. The monoisotopic (exact) mass is 373 g/mol. The van der Waals surface area contributed by atoms with Gasteiger partial charge in [0.25, 0.3) is 5.91 Å². The second kappa shape index (κ2) is 9.78. The van der Waals surface area contributed by atoms with Gasteiger partial charge in [0.15, 0.2) is 0 Å². The smallest absolute Gasteiger partial charge is 0.251 e. The van der Waals surface area contributed by atoms with Gasteiger partial charge in [0.2, 0.25) is 10.0 Å². The minimum Gasteiger partial charge on any atom is -0.352 e. The standard InChI is InChI=1S/C16H23N3O3S.ClH/c1-2-9-19-23(21,22)15-5-3-14(4-6-15)16(20)18-11-8-13-7-10-17-12-13;/h2-6,13,17,19H,1,7-12H2,(H,18,20);1H. The van der Waals surface area contributed by atoms with Crippen LogP contribution in [-0.4, -0.2) is 40.5 Å². The average molecular weight is 374 g/mol. The molecule has 1 aromatic rings. The summed E-state index contributed by atoms with van der Waals surface area (Å²) in [6.07, 6.45) is 3.58. The van der Waals surface area contributed by atoms with Gasteiger partial charge < -0.3 is 10.6 Å². The third-order valence-electron chi connectivity index (χ3n) is 3.85. The van der Waals surface area contributed by atoms with Gasteiger partial charge in [-0.3, -0.25) is 4.79 Å². The lowest BCUT2D eigenvalue weighted by atomic mass is 10.1. The van der Waals surface area contributed by atoms with Crippen LogP contribution in [0, 0.1) is 5.92 Å². The van der Waals surface area contributed by atoms with E-state index in [0.29, 0.717) is 18.0 Å². The van der Waals surface area contributed by atoms with Gasteiger partial charge in [-0.15, -0.1) is 19.0 Å². The van der Waals surface area contributed by atoms with E-state index in [9.17, 15) is 13.2 Å². The lowest BCUT2D eigenvalue weighted by molar-refractivity contribution is 0.0951. The maximum Gasteiger partial charge on any atom is 0.251 e. The normalized spacial score (nSPS) is 17.1. The summed E-state index contributed by atoms with van der Waals surface area (Å²) in [4.78, 5) is 12.2. The first-order chi connectivity index (χ1) is 11.0. The van der Waals surface area contributed by atoms with Crippen LogP contribution in [0.3, 0.4) is 0 Å². The molecule has 1 heterocycles. The Balaban J connectivity index is 0.00000288. The molecule has 3 N–H and O–H groups in total. The fourth-order valence-corrected chi connectivity index (χ4v) is 3.49. The van der Waals surface area contributed by atoms with Crippen LogP contribution in [-0.2, 0) is 10.0 Å². The number of rotatable bonds is 8. The molecule has 0 bridgehead atoms. The number of carbonyl (C=O) groups is 1. The van der Waals surface area contributed by atoms with Crippen LogP contribution < -0.4 is 15.4 Å². The van der Waals surface area contributed by atoms with Gasteiger partial charge in [0.1, 0.15) is 0 Å². The van der Waals surface area contributed by atoms with Crippen molar-refractivity contribution in [2.45, 2.75) is 17.7 Å². The molecule has 1 atom stereocenters. The lowest BCUT2D eigenvalue weighted by Gasteiger charge is -2.10.